The Morgan fingerprint density at radius 1 is 1.26 bits per heavy atom. The number of nitrogens with zero attached hydrogens (tertiary/aromatic N) is 3. The van der Waals surface area contributed by atoms with Crippen LogP contribution in [-0.4, -0.2) is 27.1 Å². The predicted octanol–water partition coefficient (Wildman–Crippen LogP) is 2.87. The van der Waals surface area contributed by atoms with E-state index in [0.717, 1.165) is 22.7 Å². The van der Waals surface area contributed by atoms with E-state index in [0.29, 0.717) is 17.8 Å². The van der Waals surface area contributed by atoms with E-state index in [1.54, 1.807) is 6.20 Å². The zero-order chi connectivity index (χ0) is 17.1. The molecule has 1 atom stereocenters. The Kier molecular flexibility index (Phi) is 5.13. The number of amides is 1. The monoisotopic (exact) mass is 316 g/mol. The van der Waals surface area contributed by atoms with Gasteiger partial charge in [0.1, 0.15) is 11.6 Å². The molecule has 23 heavy (non-hydrogen) atoms. The van der Waals surface area contributed by atoms with Crippen LogP contribution in [0.1, 0.15) is 65.6 Å². The quantitative estimate of drug-likeness (QED) is 0.917. The van der Waals surface area contributed by atoms with Gasteiger partial charge in [0.15, 0.2) is 0 Å². The van der Waals surface area contributed by atoms with Gasteiger partial charge in [-0.2, -0.15) is 0 Å². The van der Waals surface area contributed by atoms with Crippen molar-refractivity contribution < 1.29 is 9.32 Å². The van der Waals surface area contributed by atoms with Crippen molar-refractivity contribution in [3.05, 3.63) is 40.3 Å². The maximum atomic E-state index is 12.6. The summed E-state index contributed by atoms with van der Waals surface area (Å²) in [7, 11) is 0. The summed E-state index contributed by atoms with van der Waals surface area (Å²) in [6.07, 6.45) is 2.28. The number of hydrogen-bond acceptors (Lipinski definition) is 5. The first-order valence-corrected chi connectivity index (χ1v) is 7.85. The highest BCUT2D eigenvalue weighted by Gasteiger charge is 2.19. The van der Waals surface area contributed by atoms with E-state index in [-0.39, 0.29) is 17.9 Å². The molecule has 0 radical (unpaired) electrons. The van der Waals surface area contributed by atoms with Crippen LogP contribution in [0.15, 0.2) is 10.7 Å². The summed E-state index contributed by atoms with van der Waals surface area (Å²) in [6.45, 7) is 11.6. The molecule has 1 N–H and O–H groups in total. The minimum absolute atomic E-state index is 0.0411. The van der Waals surface area contributed by atoms with Crippen molar-refractivity contribution in [2.75, 3.05) is 0 Å². The molecule has 0 fully saturated rings. The van der Waals surface area contributed by atoms with Crippen molar-refractivity contribution >= 4 is 5.91 Å². The molecule has 124 valence electrons. The third-order valence-corrected chi connectivity index (χ3v) is 3.80. The minimum Gasteiger partial charge on any atom is -0.361 e. The fraction of sp³-hybridized carbons (Fsp3) is 0.529. The van der Waals surface area contributed by atoms with Crippen LogP contribution in [0.2, 0.25) is 0 Å². The van der Waals surface area contributed by atoms with Gasteiger partial charge in [0, 0.05) is 17.8 Å². The Hall–Kier alpha value is -2.24. The van der Waals surface area contributed by atoms with Crippen LogP contribution in [0.5, 0.6) is 0 Å². The smallest absolute Gasteiger partial charge is 0.254 e. The number of aromatic nitrogens is 3. The summed E-state index contributed by atoms with van der Waals surface area (Å²) in [5.74, 6) is 1.49. The molecular weight excluding hydrogens is 292 g/mol. The molecule has 0 spiro atoms. The van der Waals surface area contributed by atoms with Gasteiger partial charge in [-0.25, -0.2) is 9.97 Å². The second-order valence-corrected chi connectivity index (χ2v) is 6.25. The van der Waals surface area contributed by atoms with Crippen molar-refractivity contribution in [1.29, 1.82) is 0 Å². The molecule has 0 aliphatic rings. The molecule has 0 aromatic carbocycles. The lowest BCUT2D eigenvalue weighted by Crippen LogP contribution is -2.35. The van der Waals surface area contributed by atoms with Gasteiger partial charge in [-0.3, -0.25) is 4.79 Å². The molecule has 0 saturated carbocycles. The highest BCUT2D eigenvalue weighted by atomic mass is 16.5. The van der Waals surface area contributed by atoms with Crippen LogP contribution in [0.4, 0.5) is 0 Å². The minimum atomic E-state index is -0.145. The van der Waals surface area contributed by atoms with Gasteiger partial charge in [-0.05, 0) is 40.0 Å². The zero-order valence-corrected chi connectivity index (χ0v) is 14.6. The summed E-state index contributed by atoms with van der Waals surface area (Å²) in [6, 6.07) is -0.0411. The highest BCUT2D eigenvalue weighted by molar-refractivity contribution is 5.95. The Morgan fingerprint density at radius 2 is 1.96 bits per heavy atom. The second kappa shape index (κ2) is 6.89. The summed E-state index contributed by atoms with van der Waals surface area (Å²) >= 11 is 0. The van der Waals surface area contributed by atoms with Crippen LogP contribution >= 0.6 is 0 Å². The van der Waals surface area contributed by atoms with E-state index in [2.05, 4.69) is 20.4 Å². The fourth-order valence-corrected chi connectivity index (χ4v) is 2.55. The molecule has 2 rings (SSSR count). The van der Waals surface area contributed by atoms with Gasteiger partial charge >= 0.3 is 0 Å². The summed E-state index contributed by atoms with van der Waals surface area (Å²) < 4.78 is 5.17. The number of carbonyl (C=O) groups excluding carboxylic acids is 1. The number of hydrogen-bond donors (Lipinski definition) is 1. The lowest BCUT2D eigenvalue weighted by Gasteiger charge is -2.16. The van der Waals surface area contributed by atoms with E-state index in [1.165, 1.54) is 0 Å². The van der Waals surface area contributed by atoms with E-state index < -0.39 is 0 Å². The van der Waals surface area contributed by atoms with Crippen LogP contribution < -0.4 is 5.32 Å². The SMILES string of the molecule is Cc1ncc(C(=O)NC(C)Cc2c(C)noc2C)c(C(C)C)n1. The molecule has 2 aromatic heterocycles. The summed E-state index contributed by atoms with van der Waals surface area (Å²) in [5, 5.41) is 6.96. The molecule has 2 heterocycles. The Labute approximate surface area is 136 Å². The summed E-state index contributed by atoms with van der Waals surface area (Å²) in [4.78, 5) is 21.1. The normalized spacial score (nSPS) is 12.5. The Balaban J connectivity index is 2.13. The number of carbonyl (C=O) groups is 1. The van der Waals surface area contributed by atoms with Crippen molar-refractivity contribution in [3.63, 3.8) is 0 Å². The Morgan fingerprint density at radius 3 is 2.52 bits per heavy atom. The molecule has 2 aromatic rings. The average molecular weight is 316 g/mol. The molecule has 1 amide bonds. The lowest BCUT2D eigenvalue weighted by molar-refractivity contribution is 0.0937. The molecule has 0 aliphatic carbocycles. The van der Waals surface area contributed by atoms with Gasteiger partial charge in [-0.1, -0.05) is 19.0 Å². The van der Waals surface area contributed by atoms with Crippen molar-refractivity contribution in [2.24, 2.45) is 0 Å². The van der Waals surface area contributed by atoms with E-state index in [1.807, 2.05) is 41.5 Å². The number of aryl methyl sites for hydroxylation is 3. The molecule has 0 saturated heterocycles. The first kappa shape index (κ1) is 17.1. The van der Waals surface area contributed by atoms with Crippen molar-refractivity contribution in [2.45, 2.75) is 59.9 Å². The molecule has 6 nitrogen and oxygen atoms in total. The van der Waals surface area contributed by atoms with Crippen LogP contribution in [0, 0.1) is 20.8 Å². The maximum absolute atomic E-state index is 12.6. The van der Waals surface area contributed by atoms with Gasteiger partial charge in [-0.15, -0.1) is 0 Å². The average Bonchev–Trinajstić information content (AvgIpc) is 2.78. The van der Waals surface area contributed by atoms with Crippen molar-refractivity contribution in [1.82, 2.24) is 20.4 Å². The van der Waals surface area contributed by atoms with Gasteiger partial charge in [0.05, 0.1) is 17.0 Å². The third kappa shape index (κ3) is 3.94. The van der Waals surface area contributed by atoms with E-state index in [9.17, 15) is 4.79 Å². The standard InChI is InChI=1S/C17H24N4O2/c1-9(2)16-15(8-18-13(6)20-16)17(22)19-10(3)7-14-11(4)21-23-12(14)5/h8-10H,7H2,1-6H3,(H,19,22). The number of nitrogens with one attached hydrogen (secondary N) is 1. The number of rotatable bonds is 5. The predicted molar refractivity (Wildman–Crippen MR) is 87.5 cm³/mol. The lowest BCUT2D eigenvalue weighted by atomic mass is 10.0. The zero-order valence-electron chi connectivity index (χ0n) is 14.6. The van der Waals surface area contributed by atoms with Crippen LogP contribution in [0.25, 0.3) is 0 Å². The molecular formula is C17H24N4O2. The Bertz CT molecular complexity index is 687. The maximum Gasteiger partial charge on any atom is 0.254 e. The topological polar surface area (TPSA) is 80.9 Å². The van der Waals surface area contributed by atoms with Gasteiger partial charge < -0.3 is 9.84 Å². The van der Waals surface area contributed by atoms with Crippen LogP contribution in [-0.2, 0) is 6.42 Å². The first-order valence-electron chi connectivity index (χ1n) is 7.85. The summed E-state index contributed by atoms with van der Waals surface area (Å²) in [5.41, 5.74) is 3.22. The van der Waals surface area contributed by atoms with Crippen LogP contribution in [0.3, 0.4) is 0 Å². The molecule has 6 heteroatoms. The highest BCUT2D eigenvalue weighted by Crippen LogP contribution is 2.18. The van der Waals surface area contributed by atoms with E-state index in [4.69, 9.17) is 4.52 Å². The fourth-order valence-electron chi connectivity index (χ4n) is 2.55. The molecule has 0 bridgehead atoms. The van der Waals surface area contributed by atoms with E-state index >= 15 is 0 Å². The largest absolute Gasteiger partial charge is 0.361 e. The third-order valence-electron chi connectivity index (χ3n) is 3.80. The second-order valence-electron chi connectivity index (χ2n) is 6.25. The van der Waals surface area contributed by atoms with Gasteiger partial charge in [0.2, 0.25) is 0 Å². The van der Waals surface area contributed by atoms with Crippen molar-refractivity contribution in [3.8, 4) is 0 Å². The first-order chi connectivity index (χ1) is 10.8. The molecule has 0 aliphatic heterocycles. The van der Waals surface area contributed by atoms with Gasteiger partial charge in [0.25, 0.3) is 5.91 Å². The molecule has 1 unspecified atom stereocenters.